The summed E-state index contributed by atoms with van der Waals surface area (Å²) in [6.07, 6.45) is 5.06. The number of aryl methyl sites for hydroxylation is 1. The summed E-state index contributed by atoms with van der Waals surface area (Å²) in [6, 6.07) is 4.38. The fourth-order valence-electron chi connectivity index (χ4n) is 6.11. The van der Waals surface area contributed by atoms with Crippen molar-refractivity contribution < 1.29 is 28.7 Å². The Morgan fingerprint density at radius 2 is 1.67 bits per heavy atom. The van der Waals surface area contributed by atoms with Crippen molar-refractivity contribution in [1.82, 2.24) is 30.3 Å². The van der Waals surface area contributed by atoms with Gasteiger partial charge in [-0.1, -0.05) is 19.3 Å². The van der Waals surface area contributed by atoms with Crippen LogP contribution in [0.25, 0.3) is 10.9 Å². The molecule has 1 aliphatic carbocycles. The molecule has 2 heterocycles. The maximum atomic E-state index is 14.0. The summed E-state index contributed by atoms with van der Waals surface area (Å²) in [5.74, 6) is -0.196. The number of piperazine rings is 1. The van der Waals surface area contributed by atoms with Crippen LogP contribution in [-0.2, 0) is 21.4 Å². The van der Waals surface area contributed by atoms with Gasteiger partial charge in [-0.25, -0.2) is 0 Å². The normalized spacial score (nSPS) is 17.4. The Kier molecular flexibility index (Phi) is 11.0. The molecule has 0 unspecified atom stereocenters. The molecule has 43 heavy (non-hydrogen) atoms. The third-order valence-electron chi connectivity index (χ3n) is 8.82. The first kappa shape index (κ1) is 32.3. The number of rotatable bonds is 11. The molecule has 4 rings (SSSR count). The molecule has 12 nitrogen and oxygen atoms in total. The van der Waals surface area contributed by atoms with Gasteiger partial charge >= 0.3 is 0 Å². The van der Waals surface area contributed by atoms with Crippen molar-refractivity contribution in [3.63, 3.8) is 0 Å². The SMILES string of the molecule is CN[C@@H](C)C(=O)N[C@H](C(=O)N1CCN(C(=O)c2c(C(=O)NCCOC)c3ccc(OC)cc3n2C)CC1)C1CCCCC1. The van der Waals surface area contributed by atoms with Crippen LogP contribution in [0.4, 0.5) is 0 Å². The number of likely N-dealkylation sites (N-methyl/N-ethyl adjacent to an activating group) is 1. The van der Waals surface area contributed by atoms with Crippen LogP contribution < -0.4 is 20.7 Å². The molecule has 4 amide bonds. The highest BCUT2D eigenvalue weighted by Crippen LogP contribution is 2.31. The van der Waals surface area contributed by atoms with Crippen LogP contribution >= 0.6 is 0 Å². The van der Waals surface area contributed by atoms with Gasteiger partial charge < -0.3 is 39.8 Å². The highest BCUT2D eigenvalue weighted by Gasteiger charge is 2.37. The number of aromatic nitrogens is 1. The number of carbonyl (C=O) groups is 4. The molecule has 2 aliphatic rings. The van der Waals surface area contributed by atoms with Crippen LogP contribution in [0.2, 0.25) is 0 Å². The number of nitrogens with zero attached hydrogens (tertiary/aromatic N) is 3. The first-order chi connectivity index (χ1) is 20.7. The van der Waals surface area contributed by atoms with Crippen molar-refractivity contribution in [3.05, 3.63) is 29.5 Å². The van der Waals surface area contributed by atoms with E-state index < -0.39 is 12.1 Å². The molecule has 2 fully saturated rings. The molecular formula is C31H46N6O6. The predicted molar refractivity (Wildman–Crippen MR) is 163 cm³/mol. The minimum atomic E-state index is -0.582. The summed E-state index contributed by atoms with van der Waals surface area (Å²) >= 11 is 0. The standard InChI is InChI=1S/C31H46N6O6/c1-20(32-2)28(38)34-26(21-9-7-6-8-10-21)30(40)36-14-16-37(17-15-36)31(41)27-25(29(39)33-13-18-42-4)23-12-11-22(43-5)19-24(23)35(27)3/h11-12,19-21,26,32H,6-10,13-18H2,1-5H3,(H,33,39)(H,34,38)/t20-,26-/m0/s1. The monoisotopic (exact) mass is 598 g/mol. The van der Waals surface area contributed by atoms with E-state index in [1.54, 1.807) is 61.7 Å². The fraction of sp³-hybridized carbons (Fsp3) is 0.613. The second-order valence-electron chi connectivity index (χ2n) is 11.4. The van der Waals surface area contributed by atoms with Crippen molar-refractivity contribution in [3.8, 4) is 5.75 Å². The Hall–Kier alpha value is -3.64. The quantitative estimate of drug-likeness (QED) is 0.334. The van der Waals surface area contributed by atoms with E-state index in [2.05, 4.69) is 16.0 Å². The van der Waals surface area contributed by atoms with Crippen LogP contribution in [0.1, 0.15) is 59.9 Å². The minimum Gasteiger partial charge on any atom is -0.497 e. The fourth-order valence-corrected chi connectivity index (χ4v) is 6.11. The Balaban J connectivity index is 1.53. The zero-order valence-corrected chi connectivity index (χ0v) is 26.0. The van der Waals surface area contributed by atoms with E-state index >= 15 is 0 Å². The van der Waals surface area contributed by atoms with E-state index in [0.29, 0.717) is 61.5 Å². The van der Waals surface area contributed by atoms with Crippen LogP contribution in [0, 0.1) is 5.92 Å². The van der Waals surface area contributed by atoms with Gasteiger partial charge in [-0.3, -0.25) is 19.2 Å². The lowest BCUT2D eigenvalue weighted by molar-refractivity contribution is -0.140. The van der Waals surface area contributed by atoms with Gasteiger partial charge in [0.25, 0.3) is 11.8 Å². The van der Waals surface area contributed by atoms with Gasteiger partial charge in [0.2, 0.25) is 11.8 Å². The largest absolute Gasteiger partial charge is 0.497 e. The van der Waals surface area contributed by atoms with Crippen molar-refractivity contribution in [2.24, 2.45) is 13.0 Å². The smallest absolute Gasteiger partial charge is 0.271 e. The van der Waals surface area contributed by atoms with Gasteiger partial charge in [0.05, 0.1) is 30.8 Å². The number of methoxy groups -OCH3 is 2. The summed E-state index contributed by atoms with van der Waals surface area (Å²) in [7, 11) is 6.62. The Morgan fingerprint density at radius 3 is 2.30 bits per heavy atom. The lowest BCUT2D eigenvalue weighted by atomic mass is 9.83. The molecular weight excluding hydrogens is 552 g/mol. The van der Waals surface area contributed by atoms with Crippen molar-refractivity contribution in [1.29, 1.82) is 0 Å². The molecule has 1 aromatic carbocycles. The summed E-state index contributed by atoms with van der Waals surface area (Å²) in [5, 5.41) is 9.48. The van der Waals surface area contributed by atoms with Crippen LogP contribution in [0.15, 0.2) is 18.2 Å². The predicted octanol–water partition coefficient (Wildman–Crippen LogP) is 1.52. The van der Waals surface area contributed by atoms with Gasteiger partial charge in [0, 0.05) is 58.3 Å². The molecule has 1 saturated carbocycles. The second-order valence-corrected chi connectivity index (χ2v) is 11.4. The van der Waals surface area contributed by atoms with Gasteiger partial charge in [-0.2, -0.15) is 0 Å². The van der Waals surface area contributed by atoms with E-state index in [1.165, 1.54) is 0 Å². The zero-order chi connectivity index (χ0) is 31.1. The number of amides is 4. The van der Waals surface area contributed by atoms with E-state index in [0.717, 1.165) is 32.1 Å². The van der Waals surface area contributed by atoms with E-state index in [-0.39, 0.29) is 35.2 Å². The minimum absolute atomic E-state index is 0.0921. The molecule has 12 heteroatoms. The lowest BCUT2D eigenvalue weighted by Gasteiger charge is -2.39. The number of benzene rings is 1. The number of fused-ring (bicyclic) bond motifs is 1. The molecule has 2 atom stereocenters. The van der Waals surface area contributed by atoms with E-state index in [4.69, 9.17) is 9.47 Å². The van der Waals surface area contributed by atoms with Gasteiger partial charge in [-0.15, -0.1) is 0 Å². The topological polar surface area (TPSA) is 134 Å². The van der Waals surface area contributed by atoms with Gasteiger partial charge in [0.15, 0.2) is 0 Å². The van der Waals surface area contributed by atoms with Gasteiger partial charge in [0.1, 0.15) is 17.5 Å². The van der Waals surface area contributed by atoms with Crippen molar-refractivity contribution >= 4 is 34.5 Å². The average Bonchev–Trinajstić information content (AvgIpc) is 3.34. The second kappa shape index (κ2) is 14.7. The molecule has 1 saturated heterocycles. The molecule has 2 aromatic rings. The van der Waals surface area contributed by atoms with E-state index in [9.17, 15) is 19.2 Å². The average molecular weight is 599 g/mol. The first-order valence-corrected chi connectivity index (χ1v) is 15.2. The maximum absolute atomic E-state index is 14.0. The summed E-state index contributed by atoms with van der Waals surface area (Å²) in [6.45, 7) is 3.76. The number of nitrogens with one attached hydrogen (secondary N) is 3. The zero-order valence-electron chi connectivity index (χ0n) is 26.0. The first-order valence-electron chi connectivity index (χ1n) is 15.2. The molecule has 236 valence electrons. The van der Waals surface area contributed by atoms with Crippen LogP contribution in [-0.4, -0.2) is 111 Å². The Morgan fingerprint density at radius 1 is 1.00 bits per heavy atom. The molecule has 0 radical (unpaired) electrons. The molecule has 1 aromatic heterocycles. The molecule has 0 bridgehead atoms. The Labute approximate surface area is 253 Å². The van der Waals surface area contributed by atoms with Gasteiger partial charge in [-0.05, 0) is 44.9 Å². The number of carbonyl (C=O) groups excluding carboxylic acids is 4. The van der Waals surface area contributed by atoms with Crippen molar-refractivity contribution in [2.45, 2.75) is 51.1 Å². The summed E-state index contributed by atoms with van der Waals surface area (Å²) in [5.41, 5.74) is 1.29. The van der Waals surface area contributed by atoms with Crippen LogP contribution in [0.5, 0.6) is 5.75 Å². The van der Waals surface area contributed by atoms with Crippen LogP contribution in [0.3, 0.4) is 0 Å². The van der Waals surface area contributed by atoms with E-state index in [1.807, 2.05) is 6.07 Å². The third kappa shape index (κ3) is 7.13. The van der Waals surface area contributed by atoms with Crippen molar-refractivity contribution in [2.75, 3.05) is 60.6 Å². The maximum Gasteiger partial charge on any atom is 0.271 e. The Bertz CT molecular complexity index is 1310. The molecule has 1 aliphatic heterocycles. The molecule has 0 spiro atoms. The third-order valence-corrected chi connectivity index (χ3v) is 8.82. The highest BCUT2D eigenvalue weighted by molar-refractivity contribution is 6.16. The number of hydrogen-bond acceptors (Lipinski definition) is 7. The number of ether oxygens (including phenoxy) is 2. The molecule has 3 N–H and O–H groups in total. The number of hydrogen-bond donors (Lipinski definition) is 3. The highest BCUT2D eigenvalue weighted by atomic mass is 16.5. The lowest BCUT2D eigenvalue weighted by Crippen LogP contribution is -2.59. The summed E-state index contributed by atoms with van der Waals surface area (Å²) < 4.78 is 12.2. The summed E-state index contributed by atoms with van der Waals surface area (Å²) in [4.78, 5) is 57.4.